The number of aromatic nitrogens is 3. The van der Waals surface area contributed by atoms with Gasteiger partial charge in [0.25, 0.3) is 0 Å². The van der Waals surface area contributed by atoms with E-state index in [1.165, 1.54) is 40.1 Å². The largest absolute Gasteiger partial charge is 0.316 e. The molecule has 0 unspecified atom stereocenters. The lowest BCUT2D eigenvalue weighted by atomic mass is 9.96. The van der Waals surface area contributed by atoms with Crippen LogP contribution in [-0.2, 0) is 17.6 Å². The van der Waals surface area contributed by atoms with E-state index in [9.17, 15) is 14.4 Å². The van der Waals surface area contributed by atoms with Crippen LogP contribution in [-0.4, -0.2) is 26.8 Å². The molecular formula is C21H18FN5OS2. The fourth-order valence-electron chi connectivity index (χ4n) is 3.21. The van der Waals surface area contributed by atoms with E-state index in [1.807, 2.05) is 0 Å². The van der Waals surface area contributed by atoms with Gasteiger partial charge in [0.15, 0.2) is 0 Å². The smallest absolute Gasteiger partial charge is 0.235 e. The number of rotatable bonds is 6. The number of amides is 1. The Labute approximate surface area is 181 Å². The lowest BCUT2D eigenvalue weighted by Gasteiger charge is -2.09. The van der Waals surface area contributed by atoms with E-state index >= 15 is 0 Å². The first-order chi connectivity index (χ1) is 14.6. The first-order valence-corrected chi connectivity index (χ1v) is 11.3. The summed E-state index contributed by atoms with van der Waals surface area (Å²) in [6, 6.07) is 8.36. The lowest BCUT2D eigenvalue weighted by molar-refractivity contribution is -0.113. The van der Waals surface area contributed by atoms with Crippen molar-refractivity contribution in [3.63, 3.8) is 0 Å². The number of benzene rings is 1. The van der Waals surface area contributed by atoms with E-state index < -0.39 is 0 Å². The van der Waals surface area contributed by atoms with Gasteiger partial charge in [-0.15, -0.1) is 16.4 Å². The summed E-state index contributed by atoms with van der Waals surface area (Å²) in [7, 11) is 0. The van der Waals surface area contributed by atoms with Gasteiger partial charge in [0.1, 0.15) is 22.7 Å². The summed E-state index contributed by atoms with van der Waals surface area (Å²) in [6.45, 7) is 0. The van der Waals surface area contributed by atoms with Crippen LogP contribution in [0.5, 0.6) is 0 Å². The van der Waals surface area contributed by atoms with Gasteiger partial charge in [-0.1, -0.05) is 30.0 Å². The summed E-state index contributed by atoms with van der Waals surface area (Å²) in [4.78, 5) is 17.9. The first kappa shape index (κ1) is 20.3. The molecule has 9 heteroatoms. The van der Waals surface area contributed by atoms with Crippen molar-refractivity contribution in [2.24, 2.45) is 0 Å². The number of thiophene rings is 1. The minimum Gasteiger partial charge on any atom is -0.316 e. The second-order valence-corrected chi connectivity index (χ2v) is 8.80. The zero-order valence-electron chi connectivity index (χ0n) is 15.9. The monoisotopic (exact) mass is 439 g/mol. The standard InChI is InChI=1S/C21H18FN5OS2/c22-14-8-5-13(6-9-14)7-10-18-24-21(27-26-18)29-12-19(28)25-20-16(11-23)15-3-1-2-4-17(15)30-20/h5-10H,1-4,12H2,(H,25,28)(H,24,26,27)/b10-7+. The molecule has 1 amide bonds. The minimum atomic E-state index is -0.284. The number of carbonyl (C=O) groups excluding carboxylic acids is 1. The van der Waals surface area contributed by atoms with E-state index in [0.717, 1.165) is 36.8 Å². The maximum absolute atomic E-state index is 12.9. The Hall–Kier alpha value is -2.96. The maximum Gasteiger partial charge on any atom is 0.235 e. The van der Waals surface area contributed by atoms with Crippen LogP contribution in [0.25, 0.3) is 12.2 Å². The highest BCUT2D eigenvalue weighted by molar-refractivity contribution is 7.99. The van der Waals surface area contributed by atoms with Crippen molar-refractivity contribution in [2.45, 2.75) is 30.8 Å². The third-order valence-electron chi connectivity index (χ3n) is 4.65. The predicted octanol–water partition coefficient (Wildman–Crippen LogP) is 4.66. The molecule has 0 atom stereocenters. The molecule has 1 aromatic carbocycles. The number of hydrogen-bond acceptors (Lipinski definition) is 6. The Bertz CT molecular complexity index is 1130. The van der Waals surface area contributed by atoms with Crippen LogP contribution < -0.4 is 5.32 Å². The van der Waals surface area contributed by atoms with Gasteiger partial charge in [0.2, 0.25) is 11.1 Å². The molecule has 1 aliphatic rings. The van der Waals surface area contributed by atoms with Gasteiger partial charge >= 0.3 is 0 Å². The molecule has 1 aliphatic carbocycles. The second kappa shape index (κ2) is 9.24. The molecule has 2 aromatic heterocycles. The third kappa shape index (κ3) is 4.78. The summed E-state index contributed by atoms with van der Waals surface area (Å²) in [5.74, 6) is 0.212. The number of carbonyl (C=O) groups is 1. The van der Waals surface area contributed by atoms with Crippen molar-refractivity contribution in [1.82, 2.24) is 15.2 Å². The number of aromatic amines is 1. The second-order valence-electron chi connectivity index (χ2n) is 6.75. The fraction of sp³-hybridized carbons (Fsp3) is 0.238. The highest BCUT2D eigenvalue weighted by Gasteiger charge is 2.21. The van der Waals surface area contributed by atoms with Crippen LogP contribution in [0.3, 0.4) is 0 Å². The third-order valence-corrected chi connectivity index (χ3v) is 6.71. The molecule has 152 valence electrons. The van der Waals surface area contributed by atoms with Crippen molar-refractivity contribution < 1.29 is 9.18 Å². The molecule has 2 heterocycles. The number of nitrogens with one attached hydrogen (secondary N) is 2. The van der Waals surface area contributed by atoms with Crippen LogP contribution >= 0.6 is 23.1 Å². The normalized spacial score (nSPS) is 13.2. The van der Waals surface area contributed by atoms with Crippen molar-refractivity contribution in [3.8, 4) is 6.07 Å². The Morgan fingerprint density at radius 3 is 2.90 bits per heavy atom. The molecule has 30 heavy (non-hydrogen) atoms. The zero-order valence-corrected chi connectivity index (χ0v) is 17.6. The molecule has 0 saturated carbocycles. The fourth-order valence-corrected chi connectivity index (χ4v) is 5.07. The maximum atomic E-state index is 12.9. The Balaban J connectivity index is 1.33. The topological polar surface area (TPSA) is 94.5 Å². The number of aryl methyl sites for hydroxylation is 1. The minimum absolute atomic E-state index is 0.145. The van der Waals surface area contributed by atoms with E-state index in [1.54, 1.807) is 24.3 Å². The molecule has 4 rings (SSSR count). The molecule has 0 radical (unpaired) electrons. The number of thioether (sulfide) groups is 1. The van der Waals surface area contributed by atoms with Crippen molar-refractivity contribution in [2.75, 3.05) is 11.1 Å². The van der Waals surface area contributed by atoms with Crippen molar-refractivity contribution in [3.05, 3.63) is 57.5 Å². The number of H-pyrrole nitrogens is 1. The average molecular weight is 440 g/mol. The van der Waals surface area contributed by atoms with Gasteiger partial charge < -0.3 is 5.32 Å². The highest BCUT2D eigenvalue weighted by atomic mass is 32.2. The number of hydrogen-bond donors (Lipinski definition) is 2. The summed E-state index contributed by atoms with van der Waals surface area (Å²) in [6.07, 6.45) is 7.63. The van der Waals surface area contributed by atoms with Crippen LogP contribution in [0, 0.1) is 17.1 Å². The molecule has 0 fully saturated rings. The van der Waals surface area contributed by atoms with Gasteiger partial charge in [-0.2, -0.15) is 5.26 Å². The molecule has 0 spiro atoms. The molecule has 0 saturated heterocycles. The Kier molecular flexibility index (Phi) is 6.26. The first-order valence-electron chi connectivity index (χ1n) is 9.45. The number of nitriles is 1. The highest BCUT2D eigenvalue weighted by Crippen LogP contribution is 2.37. The summed E-state index contributed by atoms with van der Waals surface area (Å²) >= 11 is 2.73. The summed E-state index contributed by atoms with van der Waals surface area (Å²) in [5, 5.41) is 20.3. The van der Waals surface area contributed by atoms with Crippen LogP contribution in [0.1, 0.15) is 40.2 Å². The molecule has 6 nitrogen and oxygen atoms in total. The van der Waals surface area contributed by atoms with Crippen molar-refractivity contribution >= 4 is 46.2 Å². The van der Waals surface area contributed by atoms with Gasteiger partial charge in [-0.25, -0.2) is 9.37 Å². The molecule has 0 bridgehead atoms. The molecule has 2 N–H and O–H groups in total. The summed E-state index contributed by atoms with van der Waals surface area (Å²) < 4.78 is 12.9. The number of anilines is 1. The predicted molar refractivity (Wildman–Crippen MR) is 117 cm³/mol. The van der Waals surface area contributed by atoms with Gasteiger partial charge in [0.05, 0.1) is 11.3 Å². The van der Waals surface area contributed by atoms with Crippen LogP contribution in [0.15, 0.2) is 29.4 Å². The van der Waals surface area contributed by atoms with Crippen LogP contribution in [0.2, 0.25) is 0 Å². The van der Waals surface area contributed by atoms with E-state index in [4.69, 9.17) is 0 Å². The quantitative estimate of drug-likeness (QED) is 0.545. The molecular weight excluding hydrogens is 421 g/mol. The van der Waals surface area contributed by atoms with Gasteiger partial charge in [-0.05, 0) is 55.0 Å². The Morgan fingerprint density at radius 2 is 2.10 bits per heavy atom. The zero-order chi connectivity index (χ0) is 20.9. The van der Waals surface area contributed by atoms with E-state index in [2.05, 4.69) is 26.6 Å². The lowest BCUT2D eigenvalue weighted by Crippen LogP contribution is -2.14. The average Bonchev–Trinajstić information content (AvgIpc) is 3.35. The molecule has 3 aromatic rings. The van der Waals surface area contributed by atoms with Gasteiger partial charge in [-0.3, -0.25) is 9.89 Å². The summed E-state index contributed by atoms with van der Waals surface area (Å²) in [5.41, 5.74) is 2.55. The van der Waals surface area contributed by atoms with Crippen molar-refractivity contribution in [1.29, 1.82) is 5.26 Å². The SMILES string of the molecule is N#Cc1c(NC(=O)CSc2n[nH]c(/C=C/c3ccc(F)cc3)n2)sc2c1CCCC2. The molecule has 0 aliphatic heterocycles. The van der Waals surface area contributed by atoms with Gasteiger partial charge in [0, 0.05) is 4.88 Å². The van der Waals surface area contributed by atoms with E-state index in [0.29, 0.717) is 21.5 Å². The number of halogens is 1. The Morgan fingerprint density at radius 1 is 1.30 bits per heavy atom. The number of nitrogens with zero attached hydrogens (tertiary/aromatic N) is 3. The van der Waals surface area contributed by atoms with E-state index in [-0.39, 0.29) is 17.5 Å². The van der Waals surface area contributed by atoms with Crippen LogP contribution in [0.4, 0.5) is 9.39 Å². The number of fused-ring (bicyclic) bond motifs is 1.